The summed E-state index contributed by atoms with van der Waals surface area (Å²) < 4.78 is 45.1. The van der Waals surface area contributed by atoms with Gasteiger partial charge in [-0.1, -0.05) is 67.2 Å². The third kappa shape index (κ3) is 3.91. The molecule has 1 heterocycles. The van der Waals surface area contributed by atoms with Crippen LogP contribution in [-0.2, 0) is 20.5 Å². The maximum Gasteiger partial charge on any atom is 0.416 e. The molecule has 2 aliphatic rings. The van der Waals surface area contributed by atoms with E-state index in [0.717, 1.165) is 35.0 Å². The van der Waals surface area contributed by atoms with E-state index in [-0.39, 0.29) is 11.1 Å². The number of carbonyl (C=O) groups is 2. The second kappa shape index (κ2) is 8.50. The predicted octanol–water partition coefficient (Wildman–Crippen LogP) is 5.40. The van der Waals surface area contributed by atoms with Crippen molar-refractivity contribution in [2.45, 2.75) is 30.3 Å². The van der Waals surface area contributed by atoms with Crippen LogP contribution in [0.4, 0.5) is 13.2 Å². The number of hydrogen-bond acceptors (Lipinski definition) is 5. The summed E-state index contributed by atoms with van der Waals surface area (Å²) in [5.41, 5.74) is 7.78. The Morgan fingerprint density at radius 3 is 2.61 bits per heavy atom. The molecule has 0 fully saturated rings. The molecule has 172 valence electrons. The number of methoxy groups -OCH3 is 1. The van der Waals surface area contributed by atoms with Crippen molar-refractivity contribution in [3.05, 3.63) is 81.8 Å². The Labute approximate surface area is 193 Å². The quantitative estimate of drug-likeness (QED) is 0.589. The van der Waals surface area contributed by atoms with E-state index in [1.54, 1.807) is 6.92 Å². The van der Waals surface area contributed by atoms with E-state index in [4.69, 9.17) is 10.5 Å². The minimum absolute atomic E-state index is 0.0450. The van der Waals surface area contributed by atoms with E-state index in [1.165, 1.54) is 19.2 Å². The second-order valence-corrected chi connectivity index (χ2v) is 9.31. The average Bonchev–Trinajstić information content (AvgIpc) is 3.34. The number of thioether (sulfide) groups is 1. The highest BCUT2D eigenvalue weighted by Crippen LogP contribution is 2.56. The molecule has 4 nitrogen and oxygen atoms in total. The van der Waals surface area contributed by atoms with E-state index >= 15 is 0 Å². The van der Waals surface area contributed by atoms with E-state index in [9.17, 15) is 22.8 Å². The Balaban J connectivity index is 1.87. The number of benzene rings is 2. The third-order valence-corrected chi connectivity index (χ3v) is 7.54. The Bertz CT molecular complexity index is 1190. The van der Waals surface area contributed by atoms with Gasteiger partial charge in [-0.2, -0.15) is 13.2 Å². The smallest absolute Gasteiger partial charge is 0.416 e. The number of carbonyl (C=O) groups excluding carboxylic acids is 2. The van der Waals surface area contributed by atoms with Crippen LogP contribution in [0.15, 0.2) is 59.5 Å². The summed E-state index contributed by atoms with van der Waals surface area (Å²) in [4.78, 5) is 25.2. The zero-order chi connectivity index (χ0) is 24.0. The summed E-state index contributed by atoms with van der Waals surface area (Å²) in [5, 5.41) is 0. The SMILES string of the molecule is CCC(C(=O)OC)C1=C(c2cccc(C(F)(F)F)c2)C(=O)C(N)(C2C=Cc3ccccc32)S1. The Kier molecular flexibility index (Phi) is 6.01. The Hall–Kier alpha value is -2.84. The number of halogens is 3. The summed E-state index contributed by atoms with van der Waals surface area (Å²) in [6, 6.07) is 12.1. The van der Waals surface area contributed by atoms with Crippen molar-refractivity contribution >= 4 is 35.2 Å². The maximum atomic E-state index is 13.9. The van der Waals surface area contributed by atoms with Gasteiger partial charge in [0.15, 0.2) is 5.78 Å². The van der Waals surface area contributed by atoms with Crippen LogP contribution in [0, 0.1) is 5.92 Å². The molecule has 0 amide bonds. The van der Waals surface area contributed by atoms with E-state index in [1.807, 2.05) is 36.4 Å². The van der Waals surface area contributed by atoms with Crippen molar-refractivity contribution in [1.29, 1.82) is 0 Å². The summed E-state index contributed by atoms with van der Waals surface area (Å²) in [6.07, 6.45) is -0.563. The molecule has 2 N–H and O–H groups in total. The molecule has 3 unspecified atom stereocenters. The second-order valence-electron chi connectivity index (χ2n) is 7.99. The summed E-state index contributed by atoms with van der Waals surface area (Å²) in [6.45, 7) is 1.75. The summed E-state index contributed by atoms with van der Waals surface area (Å²) >= 11 is 1.05. The van der Waals surface area contributed by atoms with E-state index in [2.05, 4.69) is 0 Å². The fourth-order valence-corrected chi connectivity index (χ4v) is 5.99. The lowest BCUT2D eigenvalue weighted by Gasteiger charge is -2.29. The lowest BCUT2D eigenvalue weighted by molar-refractivity contribution is -0.144. The molecule has 33 heavy (non-hydrogen) atoms. The van der Waals surface area contributed by atoms with Crippen LogP contribution in [0.2, 0.25) is 0 Å². The van der Waals surface area contributed by atoms with Crippen LogP contribution < -0.4 is 5.73 Å². The van der Waals surface area contributed by atoms with E-state index < -0.39 is 40.2 Å². The molecular formula is C25H22F3NO3S. The van der Waals surface area contributed by atoms with Gasteiger partial charge < -0.3 is 10.5 Å². The lowest BCUT2D eigenvalue weighted by atomic mass is 9.85. The molecular weight excluding hydrogens is 451 g/mol. The first-order valence-corrected chi connectivity index (χ1v) is 11.2. The van der Waals surface area contributed by atoms with Crippen molar-refractivity contribution < 1.29 is 27.5 Å². The van der Waals surface area contributed by atoms with Crippen LogP contribution in [0.3, 0.4) is 0 Å². The zero-order valence-corrected chi connectivity index (χ0v) is 18.8. The van der Waals surface area contributed by atoms with Gasteiger partial charge in [-0.05, 0) is 35.2 Å². The number of rotatable bonds is 5. The number of ketones is 1. The van der Waals surface area contributed by atoms with Crippen LogP contribution in [0.25, 0.3) is 11.6 Å². The number of fused-ring (bicyclic) bond motifs is 1. The molecule has 1 aliphatic carbocycles. The Morgan fingerprint density at radius 1 is 1.21 bits per heavy atom. The molecule has 0 saturated heterocycles. The van der Waals surface area contributed by atoms with Crippen molar-refractivity contribution in [3.63, 3.8) is 0 Å². The molecule has 0 radical (unpaired) electrons. The van der Waals surface area contributed by atoms with Gasteiger partial charge in [0.25, 0.3) is 0 Å². The normalized spacial score (nSPS) is 23.1. The van der Waals surface area contributed by atoms with Gasteiger partial charge in [-0.3, -0.25) is 9.59 Å². The first-order valence-electron chi connectivity index (χ1n) is 10.4. The van der Waals surface area contributed by atoms with Gasteiger partial charge in [0.1, 0.15) is 4.87 Å². The largest absolute Gasteiger partial charge is 0.469 e. The standard InChI is InChI=1S/C25H22F3NO3S/c1-3-17(23(31)32-2)21-20(15-8-6-9-16(13-15)25(26,27)28)22(30)24(29,33-21)19-12-11-14-7-4-5-10-18(14)19/h4-13,17,19H,3,29H2,1-2H3. The first-order chi connectivity index (χ1) is 15.6. The molecule has 8 heteroatoms. The zero-order valence-electron chi connectivity index (χ0n) is 18.0. The number of Topliss-reactive ketones (excluding diaryl/α,β-unsaturated/α-hetero) is 1. The fourth-order valence-electron chi connectivity index (χ4n) is 4.39. The van der Waals surface area contributed by atoms with Gasteiger partial charge in [-0.25, -0.2) is 0 Å². The molecule has 3 atom stereocenters. The van der Waals surface area contributed by atoms with Crippen molar-refractivity contribution in [3.8, 4) is 0 Å². The maximum absolute atomic E-state index is 13.9. The van der Waals surface area contributed by atoms with Gasteiger partial charge in [0.05, 0.1) is 18.6 Å². The van der Waals surface area contributed by atoms with Gasteiger partial charge in [0, 0.05) is 16.4 Å². The molecule has 0 aromatic heterocycles. The minimum atomic E-state index is -4.58. The highest BCUT2D eigenvalue weighted by molar-refractivity contribution is 8.06. The molecule has 2 aromatic carbocycles. The topological polar surface area (TPSA) is 69.4 Å². The van der Waals surface area contributed by atoms with Crippen LogP contribution in [0.5, 0.6) is 0 Å². The third-order valence-electron chi connectivity index (χ3n) is 6.06. The van der Waals surface area contributed by atoms with Gasteiger partial charge >= 0.3 is 12.1 Å². The summed E-state index contributed by atoms with van der Waals surface area (Å²) in [5.74, 6) is -2.39. The average molecular weight is 474 g/mol. The molecule has 0 bridgehead atoms. The van der Waals surface area contributed by atoms with Crippen molar-refractivity contribution in [2.24, 2.45) is 11.7 Å². The first kappa shape index (κ1) is 23.3. The summed E-state index contributed by atoms with van der Waals surface area (Å²) in [7, 11) is 1.24. The highest BCUT2D eigenvalue weighted by atomic mass is 32.2. The monoisotopic (exact) mass is 473 g/mol. The molecule has 1 aliphatic heterocycles. The predicted molar refractivity (Wildman–Crippen MR) is 122 cm³/mol. The minimum Gasteiger partial charge on any atom is -0.469 e. The fraction of sp³-hybridized carbons (Fsp3) is 0.280. The number of hydrogen-bond donors (Lipinski definition) is 1. The Morgan fingerprint density at radius 2 is 1.94 bits per heavy atom. The molecule has 4 rings (SSSR count). The van der Waals surface area contributed by atoms with Crippen molar-refractivity contribution in [1.82, 2.24) is 0 Å². The lowest BCUT2D eigenvalue weighted by Crippen LogP contribution is -2.47. The molecule has 0 saturated carbocycles. The van der Waals surface area contributed by atoms with Gasteiger partial charge in [-0.15, -0.1) is 0 Å². The number of esters is 1. The van der Waals surface area contributed by atoms with Gasteiger partial charge in [0.2, 0.25) is 0 Å². The number of ether oxygens (including phenoxy) is 1. The molecule has 0 spiro atoms. The number of alkyl halides is 3. The van der Waals surface area contributed by atoms with Crippen LogP contribution >= 0.6 is 11.8 Å². The van der Waals surface area contributed by atoms with Crippen LogP contribution in [0.1, 0.15) is 41.5 Å². The van der Waals surface area contributed by atoms with Crippen LogP contribution in [-0.4, -0.2) is 23.7 Å². The van der Waals surface area contributed by atoms with E-state index in [0.29, 0.717) is 11.3 Å². The van der Waals surface area contributed by atoms with Crippen molar-refractivity contribution in [2.75, 3.05) is 7.11 Å². The highest BCUT2D eigenvalue weighted by Gasteiger charge is 2.53. The molecule has 2 aromatic rings. The number of nitrogens with two attached hydrogens (primary N) is 1.